The van der Waals surface area contributed by atoms with Gasteiger partial charge in [-0.3, -0.25) is 9.69 Å². The van der Waals surface area contributed by atoms with Crippen molar-refractivity contribution in [3.05, 3.63) is 0 Å². The van der Waals surface area contributed by atoms with Crippen molar-refractivity contribution in [2.24, 2.45) is 5.92 Å². The minimum atomic E-state index is 0.124. The first-order chi connectivity index (χ1) is 6.11. The number of likely N-dealkylation sites (N-methyl/N-ethyl adjacent to an activating group) is 1. The summed E-state index contributed by atoms with van der Waals surface area (Å²) in [6.07, 6.45) is 2.16. The minimum absolute atomic E-state index is 0.124. The number of carbonyl (C=O) groups is 1. The highest BCUT2D eigenvalue weighted by Gasteiger charge is 2.27. The zero-order valence-electron chi connectivity index (χ0n) is 8.84. The summed E-state index contributed by atoms with van der Waals surface area (Å²) in [5.74, 6) is 0.740. The Bertz CT molecular complexity index is 180. The molecule has 0 aromatic rings. The lowest BCUT2D eigenvalue weighted by molar-refractivity contribution is -0.125. The summed E-state index contributed by atoms with van der Waals surface area (Å²) in [5, 5.41) is 2.97. The first-order valence-electron chi connectivity index (χ1n) is 5.09. The Kier molecular flexibility index (Phi) is 3.72. The first-order valence-corrected chi connectivity index (χ1v) is 5.09. The first kappa shape index (κ1) is 10.5. The van der Waals surface area contributed by atoms with E-state index in [1.165, 1.54) is 0 Å². The molecule has 1 saturated heterocycles. The van der Waals surface area contributed by atoms with Gasteiger partial charge in [0.05, 0.1) is 6.04 Å². The number of amides is 1. The van der Waals surface area contributed by atoms with Gasteiger partial charge in [0, 0.05) is 6.54 Å². The summed E-state index contributed by atoms with van der Waals surface area (Å²) in [6, 6.07) is 0.124. The highest BCUT2D eigenvalue weighted by atomic mass is 16.2. The molecule has 1 fully saturated rings. The maximum atomic E-state index is 11.6. The van der Waals surface area contributed by atoms with Crippen molar-refractivity contribution in [2.45, 2.75) is 32.7 Å². The number of nitrogens with zero attached hydrogens (tertiary/aromatic N) is 1. The maximum absolute atomic E-state index is 11.6. The Morgan fingerprint density at radius 2 is 2.31 bits per heavy atom. The molecule has 13 heavy (non-hydrogen) atoms. The van der Waals surface area contributed by atoms with Crippen LogP contribution in [0, 0.1) is 5.92 Å². The van der Waals surface area contributed by atoms with E-state index in [2.05, 4.69) is 24.1 Å². The second-order valence-corrected chi connectivity index (χ2v) is 4.28. The number of carbonyl (C=O) groups excluding carboxylic acids is 1. The SMILES string of the molecule is CC(C)CNC(=O)C1CCCN1C. The van der Waals surface area contributed by atoms with Crippen molar-refractivity contribution in [2.75, 3.05) is 20.1 Å². The van der Waals surface area contributed by atoms with Gasteiger partial charge in [-0.05, 0) is 32.4 Å². The molecule has 0 radical (unpaired) electrons. The summed E-state index contributed by atoms with van der Waals surface area (Å²) in [4.78, 5) is 13.7. The number of nitrogens with one attached hydrogen (secondary N) is 1. The summed E-state index contributed by atoms with van der Waals surface area (Å²) in [5.41, 5.74) is 0. The predicted molar refractivity (Wildman–Crippen MR) is 53.5 cm³/mol. The van der Waals surface area contributed by atoms with Crippen LogP contribution in [0.1, 0.15) is 26.7 Å². The van der Waals surface area contributed by atoms with Crippen LogP contribution in [0.3, 0.4) is 0 Å². The van der Waals surface area contributed by atoms with Gasteiger partial charge in [-0.25, -0.2) is 0 Å². The second kappa shape index (κ2) is 4.61. The predicted octanol–water partition coefficient (Wildman–Crippen LogP) is 0.853. The van der Waals surface area contributed by atoms with Gasteiger partial charge in [-0.15, -0.1) is 0 Å². The van der Waals surface area contributed by atoms with Crippen molar-refractivity contribution in [3.63, 3.8) is 0 Å². The summed E-state index contributed by atoms with van der Waals surface area (Å²) >= 11 is 0. The lowest BCUT2D eigenvalue weighted by Gasteiger charge is -2.19. The molecule has 0 spiro atoms. The second-order valence-electron chi connectivity index (χ2n) is 4.28. The van der Waals surface area contributed by atoms with Gasteiger partial charge in [0.15, 0.2) is 0 Å². The molecule has 3 heteroatoms. The molecule has 0 bridgehead atoms. The highest BCUT2D eigenvalue weighted by molar-refractivity contribution is 5.81. The van der Waals surface area contributed by atoms with Crippen LogP contribution in [0.4, 0.5) is 0 Å². The lowest BCUT2D eigenvalue weighted by atomic mass is 10.2. The molecule has 1 aliphatic rings. The Morgan fingerprint density at radius 1 is 1.62 bits per heavy atom. The fourth-order valence-corrected chi connectivity index (χ4v) is 1.66. The number of hydrogen-bond acceptors (Lipinski definition) is 2. The molecule has 1 aliphatic heterocycles. The van der Waals surface area contributed by atoms with Crippen LogP contribution in [0.25, 0.3) is 0 Å². The number of hydrogen-bond donors (Lipinski definition) is 1. The molecule has 1 amide bonds. The molecular formula is C10H20N2O. The molecular weight excluding hydrogens is 164 g/mol. The van der Waals surface area contributed by atoms with E-state index >= 15 is 0 Å². The third-order valence-corrected chi connectivity index (χ3v) is 2.51. The van der Waals surface area contributed by atoms with E-state index in [9.17, 15) is 4.79 Å². The van der Waals surface area contributed by atoms with Crippen LogP contribution in [-0.4, -0.2) is 37.0 Å². The normalized spacial score (nSPS) is 23.8. The van der Waals surface area contributed by atoms with E-state index in [-0.39, 0.29) is 11.9 Å². The van der Waals surface area contributed by atoms with Crippen LogP contribution < -0.4 is 5.32 Å². The number of rotatable bonds is 3. The third-order valence-electron chi connectivity index (χ3n) is 2.51. The smallest absolute Gasteiger partial charge is 0.237 e. The van der Waals surface area contributed by atoms with E-state index in [1.807, 2.05) is 7.05 Å². The van der Waals surface area contributed by atoms with Crippen molar-refractivity contribution < 1.29 is 4.79 Å². The van der Waals surface area contributed by atoms with E-state index in [1.54, 1.807) is 0 Å². The minimum Gasteiger partial charge on any atom is -0.354 e. The molecule has 0 aromatic heterocycles. The van der Waals surface area contributed by atoms with E-state index in [0.29, 0.717) is 5.92 Å². The quantitative estimate of drug-likeness (QED) is 0.705. The Balaban J connectivity index is 2.30. The van der Waals surface area contributed by atoms with Crippen LogP contribution in [0.15, 0.2) is 0 Å². The van der Waals surface area contributed by atoms with Crippen molar-refractivity contribution in [1.29, 1.82) is 0 Å². The third kappa shape index (κ3) is 2.99. The zero-order valence-corrected chi connectivity index (χ0v) is 8.84. The molecule has 3 nitrogen and oxygen atoms in total. The molecule has 1 N–H and O–H groups in total. The molecule has 1 atom stereocenters. The topological polar surface area (TPSA) is 32.3 Å². The monoisotopic (exact) mass is 184 g/mol. The fourth-order valence-electron chi connectivity index (χ4n) is 1.66. The van der Waals surface area contributed by atoms with Crippen LogP contribution in [0.2, 0.25) is 0 Å². The van der Waals surface area contributed by atoms with Crippen molar-refractivity contribution in [3.8, 4) is 0 Å². The molecule has 1 heterocycles. The lowest BCUT2D eigenvalue weighted by Crippen LogP contribution is -2.42. The molecule has 0 aliphatic carbocycles. The molecule has 0 aromatic carbocycles. The van der Waals surface area contributed by atoms with Gasteiger partial charge >= 0.3 is 0 Å². The largest absolute Gasteiger partial charge is 0.354 e. The Morgan fingerprint density at radius 3 is 2.77 bits per heavy atom. The van der Waals surface area contributed by atoms with Crippen LogP contribution in [0.5, 0.6) is 0 Å². The van der Waals surface area contributed by atoms with Crippen LogP contribution in [-0.2, 0) is 4.79 Å². The zero-order chi connectivity index (χ0) is 9.84. The van der Waals surface area contributed by atoms with Gasteiger partial charge in [-0.1, -0.05) is 13.8 Å². The molecule has 76 valence electrons. The molecule has 1 unspecified atom stereocenters. The molecule has 0 saturated carbocycles. The van der Waals surface area contributed by atoms with Crippen LogP contribution >= 0.6 is 0 Å². The summed E-state index contributed by atoms with van der Waals surface area (Å²) in [7, 11) is 2.02. The average molecular weight is 184 g/mol. The molecule has 1 rings (SSSR count). The Labute approximate surface area is 80.5 Å². The van der Waals surface area contributed by atoms with E-state index in [4.69, 9.17) is 0 Å². The van der Waals surface area contributed by atoms with E-state index < -0.39 is 0 Å². The summed E-state index contributed by atoms with van der Waals surface area (Å²) in [6.45, 7) is 6.07. The van der Waals surface area contributed by atoms with Gasteiger partial charge in [-0.2, -0.15) is 0 Å². The highest BCUT2D eigenvalue weighted by Crippen LogP contribution is 2.14. The van der Waals surface area contributed by atoms with E-state index in [0.717, 1.165) is 25.9 Å². The fraction of sp³-hybridized carbons (Fsp3) is 0.900. The van der Waals surface area contributed by atoms with Gasteiger partial charge < -0.3 is 5.32 Å². The summed E-state index contributed by atoms with van der Waals surface area (Å²) < 4.78 is 0. The Hall–Kier alpha value is -0.570. The van der Waals surface area contributed by atoms with Gasteiger partial charge in [0.2, 0.25) is 5.91 Å². The average Bonchev–Trinajstić information content (AvgIpc) is 2.47. The number of likely N-dealkylation sites (tertiary alicyclic amines) is 1. The standard InChI is InChI=1S/C10H20N2O/c1-8(2)7-11-10(13)9-5-4-6-12(9)3/h8-9H,4-7H2,1-3H3,(H,11,13). The van der Waals surface area contributed by atoms with Crippen molar-refractivity contribution in [1.82, 2.24) is 10.2 Å². The maximum Gasteiger partial charge on any atom is 0.237 e. The van der Waals surface area contributed by atoms with Crippen molar-refractivity contribution >= 4 is 5.91 Å². The van der Waals surface area contributed by atoms with Gasteiger partial charge in [0.25, 0.3) is 0 Å². The van der Waals surface area contributed by atoms with Gasteiger partial charge in [0.1, 0.15) is 0 Å².